The largest absolute Gasteiger partial charge is 0.491 e. The number of fused-ring (bicyclic) bond motifs is 1. The minimum Gasteiger partial charge on any atom is -0.491 e. The standard InChI is InChI=1S/C26H26N2O3/c1-3-17(2)18-4-6-19(7-5-18)21-10-13-24-23(16-21)26(30)28-25(27-24)20-8-11-22(12-9-20)31-15-14-29/h4-13,16-17,29H,3,14-15H2,1-2H3,(H,27,28,30). The normalized spacial score (nSPS) is 12.1. The van der Waals surface area contributed by atoms with Crippen molar-refractivity contribution in [1.82, 2.24) is 9.97 Å². The third-order valence-electron chi connectivity index (χ3n) is 5.62. The molecule has 0 saturated heterocycles. The van der Waals surface area contributed by atoms with Gasteiger partial charge in [0.2, 0.25) is 0 Å². The van der Waals surface area contributed by atoms with Crippen LogP contribution in [0.4, 0.5) is 0 Å². The minimum absolute atomic E-state index is 0.0364. The maximum absolute atomic E-state index is 12.8. The van der Waals surface area contributed by atoms with E-state index in [9.17, 15) is 4.79 Å². The third-order valence-corrected chi connectivity index (χ3v) is 5.62. The summed E-state index contributed by atoms with van der Waals surface area (Å²) in [4.78, 5) is 20.3. The molecular formula is C26H26N2O3. The molecule has 0 saturated carbocycles. The maximum atomic E-state index is 12.8. The van der Waals surface area contributed by atoms with E-state index in [1.165, 1.54) is 5.56 Å². The second kappa shape index (κ2) is 9.14. The van der Waals surface area contributed by atoms with E-state index in [1.807, 2.05) is 30.3 Å². The Balaban J connectivity index is 1.64. The van der Waals surface area contributed by atoms with Gasteiger partial charge in [0.05, 0.1) is 17.5 Å². The van der Waals surface area contributed by atoms with Gasteiger partial charge in [0, 0.05) is 5.56 Å². The number of aliphatic hydroxyl groups excluding tert-OH is 1. The fraction of sp³-hybridized carbons (Fsp3) is 0.231. The monoisotopic (exact) mass is 414 g/mol. The van der Waals surface area contributed by atoms with Crippen molar-refractivity contribution in [2.24, 2.45) is 0 Å². The van der Waals surface area contributed by atoms with Gasteiger partial charge in [0.1, 0.15) is 18.2 Å². The van der Waals surface area contributed by atoms with Gasteiger partial charge in [-0.05, 0) is 65.4 Å². The average molecular weight is 415 g/mol. The molecule has 4 aromatic rings. The molecule has 0 radical (unpaired) electrons. The Morgan fingerprint density at radius 3 is 2.32 bits per heavy atom. The Bertz CT molecular complexity index is 1230. The van der Waals surface area contributed by atoms with Crippen LogP contribution in [0.15, 0.2) is 71.5 Å². The highest BCUT2D eigenvalue weighted by Crippen LogP contribution is 2.26. The number of rotatable bonds is 7. The summed E-state index contributed by atoms with van der Waals surface area (Å²) < 4.78 is 5.38. The molecule has 0 spiro atoms. The molecule has 0 amide bonds. The molecular weight excluding hydrogens is 388 g/mol. The van der Waals surface area contributed by atoms with Gasteiger partial charge in [-0.3, -0.25) is 4.79 Å². The molecule has 0 aliphatic heterocycles. The minimum atomic E-state index is -0.168. The topological polar surface area (TPSA) is 75.2 Å². The van der Waals surface area contributed by atoms with Crippen molar-refractivity contribution in [1.29, 1.82) is 0 Å². The van der Waals surface area contributed by atoms with Crippen LogP contribution in [0, 0.1) is 0 Å². The summed E-state index contributed by atoms with van der Waals surface area (Å²) in [5.41, 5.74) is 4.67. The van der Waals surface area contributed by atoms with Crippen LogP contribution in [0.1, 0.15) is 31.7 Å². The summed E-state index contributed by atoms with van der Waals surface area (Å²) in [5, 5.41) is 9.42. The van der Waals surface area contributed by atoms with Gasteiger partial charge in [0.15, 0.2) is 0 Å². The maximum Gasteiger partial charge on any atom is 0.259 e. The van der Waals surface area contributed by atoms with Crippen LogP contribution in [0.25, 0.3) is 33.4 Å². The summed E-state index contributed by atoms with van der Waals surface area (Å²) in [6, 6.07) is 21.6. The lowest BCUT2D eigenvalue weighted by Crippen LogP contribution is -2.09. The van der Waals surface area contributed by atoms with Crippen molar-refractivity contribution in [3.63, 3.8) is 0 Å². The lowest BCUT2D eigenvalue weighted by atomic mass is 9.95. The summed E-state index contributed by atoms with van der Waals surface area (Å²) in [6.45, 7) is 4.62. The first-order valence-electron chi connectivity index (χ1n) is 10.6. The number of hydrogen-bond acceptors (Lipinski definition) is 4. The van der Waals surface area contributed by atoms with Gasteiger partial charge in [-0.2, -0.15) is 0 Å². The Morgan fingerprint density at radius 2 is 1.65 bits per heavy atom. The molecule has 31 heavy (non-hydrogen) atoms. The Hall–Kier alpha value is -3.44. The van der Waals surface area contributed by atoms with Crippen molar-refractivity contribution < 1.29 is 9.84 Å². The molecule has 0 aliphatic rings. The van der Waals surface area contributed by atoms with Gasteiger partial charge in [-0.25, -0.2) is 4.98 Å². The quantitative estimate of drug-likeness (QED) is 0.439. The number of aromatic nitrogens is 2. The average Bonchev–Trinajstić information content (AvgIpc) is 2.82. The van der Waals surface area contributed by atoms with Crippen LogP contribution in [0.5, 0.6) is 5.75 Å². The number of ether oxygens (including phenoxy) is 1. The highest BCUT2D eigenvalue weighted by molar-refractivity contribution is 5.85. The number of aliphatic hydroxyl groups is 1. The van der Waals surface area contributed by atoms with Crippen molar-refractivity contribution in [2.45, 2.75) is 26.2 Å². The fourth-order valence-electron chi connectivity index (χ4n) is 3.57. The molecule has 158 valence electrons. The van der Waals surface area contributed by atoms with E-state index in [-0.39, 0.29) is 18.8 Å². The molecule has 3 aromatic carbocycles. The fourth-order valence-corrected chi connectivity index (χ4v) is 3.57. The second-order valence-corrected chi connectivity index (χ2v) is 7.67. The summed E-state index contributed by atoms with van der Waals surface area (Å²) in [6.07, 6.45) is 1.11. The van der Waals surface area contributed by atoms with Crippen LogP contribution in [0.2, 0.25) is 0 Å². The van der Waals surface area contributed by atoms with Crippen LogP contribution in [0.3, 0.4) is 0 Å². The molecule has 5 heteroatoms. The predicted octanol–water partition coefficient (Wildman–Crippen LogP) is 5.14. The van der Waals surface area contributed by atoms with E-state index in [4.69, 9.17) is 9.84 Å². The van der Waals surface area contributed by atoms with E-state index in [0.29, 0.717) is 28.4 Å². The molecule has 1 atom stereocenters. The lowest BCUT2D eigenvalue weighted by Gasteiger charge is -2.10. The van der Waals surface area contributed by atoms with Crippen LogP contribution in [-0.4, -0.2) is 28.3 Å². The molecule has 0 fully saturated rings. The predicted molar refractivity (Wildman–Crippen MR) is 125 cm³/mol. The number of benzene rings is 3. The van der Waals surface area contributed by atoms with Crippen LogP contribution >= 0.6 is 0 Å². The zero-order valence-electron chi connectivity index (χ0n) is 17.8. The SMILES string of the molecule is CCC(C)c1ccc(-c2ccc3nc(-c4ccc(OCCO)cc4)[nH]c(=O)c3c2)cc1. The highest BCUT2D eigenvalue weighted by Gasteiger charge is 2.09. The zero-order valence-corrected chi connectivity index (χ0v) is 17.8. The number of H-pyrrole nitrogens is 1. The van der Waals surface area contributed by atoms with Crippen molar-refractivity contribution in [2.75, 3.05) is 13.2 Å². The Kier molecular flexibility index (Phi) is 6.14. The molecule has 4 rings (SSSR count). The summed E-state index contributed by atoms with van der Waals surface area (Å²) in [5.74, 6) is 1.70. The van der Waals surface area contributed by atoms with E-state index < -0.39 is 0 Å². The Morgan fingerprint density at radius 1 is 0.968 bits per heavy atom. The van der Waals surface area contributed by atoms with Crippen molar-refractivity contribution in [3.8, 4) is 28.3 Å². The first-order valence-corrected chi connectivity index (χ1v) is 10.6. The number of aromatic amines is 1. The van der Waals surface area contributed by atoms with E-state index in [0.717, 1.165) is 23.1 Å². The van der Waals surface area contributed by atoms with Crippen molar-refractivity contribution in [3.05, 3.63) is 82.6 Å². The molecule has 1 unspecified atom stereocenters. The highest BCUT2D eigenvalue weighted by atomic mass is 16.5. The van der Waals surface area contributed by atoms with E-state index >= 15 is 0 Å². The van der Waals surface area contributed by atoms with Crippen molar-refractivity contribution >= 4 is 10.9 Å². The van der Waals surface area contributed by atoms with Gasteiger partial charge in [0.25, 0.3) is 5.56 Å². The molecule has 2 N–H and O–H groups in total. The molecule has 0 aliphatic carbocycles. The Labute approximate surface area is 181 Å². The van der Waals surface area contributed by atoms with E-state index in [2.05, 4.69) is 48.1 Å². The molecule has 1 heterocycles. The van der Waals surface area contributed by atoms with Crippen LogP contribution < -0.4 is 10.3 Å². The van der Waals surface area contributed by atoms with Gasteiger partial charge < -0.3 is 14.8 Å². The summed E-state index contributed by atoms with van der Waals surface area (Å²) >= 11 is 0. The summed E-state index contributed by atoms with van der Waals surface area (Å²) in [7, 11) is 0. The first-order chi connectivity index (χ1) is 15.1. The molecule has 5 nitrogen and oxygen atoms in total. The van der Waals surface area contributed by atoms with Gasteiger partial charge in [-0.1, -0.05) is 44.2 Å². The lowest BCUT2D eigenvalue weighted by molar-refractivity contribution is 0.201. The number of nitrogens with one attached hydrogen (secondary N) is 1. The number of nitrogens with zero attached hydrogens (tertiary/aromatic N) is 1. The molecule has 0 bridgehead atoms. The third kappa shape index (κ3) is 4.52. The smallest absolute Gasteiger partial charge is 0.259 e. The van der Waals surface area contributed by atoms with Gasteiger partial charge >= 0.3 is 0 Å². The first kappa shape index (κ1) is 20.8. The number of hydrogen-bond donors (Lipinski definition) is 2. The second-order valence-electron chi connectivity index (χ2n) is 7.67. The zero-order chi connectivity index (χ0) is 21.8. The van der Waals surface area contributed by atoms with Crippen LogP contribution in [-0.2, 0) is 0 Å². The van der Waals surface area contributed by atoms with Gasteiger partial charge in [-0.15, -0.1) is 0 Å². The molecule has 1 aromatic heterocycles. The van der Waals surface area contributed by atoms with E-state index in [1.54, 1.807) is 12.1 Å².